The van der Waals surface area contributed by atoms with Gasteiger partial charge in [0.1, 0.15) is 11.6 Å². The van der Waals surface area contributed by atoms with Gasteiger partial charge >= 0.3 is 0 Å². The molecule has 30 heavy (non-hydrogen) atoms. The maximum absolute atomic E-state index is 13.2. The van der Waals surface area contributed by atoms with Gasteiger partial charge in [0.25, 0.3) is 0 Å². The fourth-order valence-corrected chi connectivity index (χ4v) is 4.00. The topological polar surface area (TPSA) is 85.1 Å². The van der Waals surface area contributed by atoms with E-state index in [1.54, 1.807) is 18.5 Å². The third kappa shape index (κ3) is 4.06. The molecular weight excluding hydrogens is 412 g/mol. The number of hydrogen-bond donors (Lipinski definition) is 1. The number of rotatable bonds is 6. The molecule has 9 heteroatoms. The van der Waals surface area contributed by atoms with E-state index in [9.17, 15) is 17.2 Å². The average molecular weight is 427 g/mol. The highest BCUT2D eigenvalue weighted by Gasteiger charge is 2.28. The average Bonchev–Trinajstić information content (AvgIpc) is 3.19. The smallest absolute Gasteiger partial charge is 0.234 e. The van der Waals surface area contributed by atoms with Gasteiger partial charge < -0.3 is 9.73 Å². The highest BCUT2D eigenvalue weighted by Crippen LogP contribution is 2.32. The van der Waals surface area contributed by atoms with E-state index in [1.165, 1.54) is 24.3 Å². The van der Waals surface area contributed by atoms with Gasteiger partial charge in [-0.1, -0.05) is 6.07 Å². The molecule has 0 bridgehead atoms. The van der Waals surface area contributed by atoms with E-state index in [0.29, 0.717) is 5.56 Å². The van der Waals surface area contributed by atoms with E-state index in [4.69, 9.17) is 4.42 Å². The van der Waals surface area contributed by atoms with Crippen LogP contribution in [0.2, 0.25) is 0 Å². The molecular formula is C21H15F2N3O3S. The predicted molar refractivity (Wildman–Crippen MR) is 105 cm³/mol. The molecule has 0 fully saturated rings. The SMILES string of the molecule is O=S(=O)(c1ccc(F)cc1)c1nc(-c2ccc(F)cc2)oc1NCc1cccnc1. The van der Waals surface area contributed by atoms with Crippen molar-refractivity contribution >= 4 is 15.7 Å². The summed E-state index contributed by atoms with van der Waals surface area (Å²) in [6.07, 6.45) is 3.24. The van der Waals surface area contributed by atoms with Crippen molar-refractivity contribution in [2.75, 3.05) is 5.32 Å². The van der Waals surface area contributed by atoms with Crippen LogP contribution in [0.3, 0.4) is 0 Å². The Balaban J connectivity index is 1.76. The highest BCUT2D eigenvalue weighted by atomic mass is 32.2. The maximum Gasteiger partial charge on any atom is 0.234 e. The summed E-state index contributed by atoms with van der Waals surface area (Å²) in [7, 11) is -4.11. The van der Waals surface area contributed by atoms with Gasteiger partial charge in [-0.25, -0.2) is 17.2 Å². The molecule has 0 unspecified atom stereocenters. The summed E-state index contributed by atoms with van der Waals surface area (Å²) in [4.78, 5) is 8.02. The number of aromatic nitrogens is 2. The second-order valence-electron chi connectivity index (χ2n) is 6.33. The quantitative estimate of drug-likeness (QED) is 0.458. The minimum Gasteiger partial charge on any atom is -0.419 e. The summed E-state index contributed by atoms with van der Waals surface area (Å²) in [5, 5.41) is 2.57. The van der Waals surface area contributed by atoms with Gasteiger partial charge in [0.2, 0.25) is 26.6 Å². The standard InChI is InChI=1S/C21H15F2N3O3S/c22-16-5-3-15(4-6-16)19-26-21(30(27,28)18-9-7-17(23)8-10-18)20(29-19)25-13-14-2-1-11-24-12-14/h1-12,25H,13H2. The first-order valence-corrected chi connectivity index (χ1v) is 10.3. The lowest BCUT2D eigenvalue weighted by atomic mass is 10.2. The normalized spacial score (nSPS) is 11.4. The van der Waals surface area contributed by atoms with Gasteiger partial charge in [0, 0.05) is 24.5 Å². The molecule has 0 aliphatic rings. The van der Waals surface area contributed by atoms with Crippen molar-refractivity contribution in [3.63, 3.8) is 0 Å². The van der Waals surface area contributed by atoms with Crippen LogP contribution >= 0.6 is 0 Å². The predicted octanol–water partition coefficient (Wildman–Crippen LogP) is 4.46. The Morgan fingerprint density at radius 3 is 2.23 bits per heavy atom. The molecule has 2 aromatic heterocycles. The summed E-state index contributed by atoms with van der Waals surface area (Å²) in [6.45, 7) is 0.234. The molecule has 0 atom stereocenters. The van der Waals surface area contributed by atoms with Crippen LogP contribution in [0.5, 0.6) is 0 Å². The molecule has 0 saturated heterocycles. The zero-order valence-electron chi connectivity index (χ0n) is 15.4. The Hall–Kier alpha value is -3.59. The number of nitrogens with one attached hydrogen (secondary N) is 1. The number of hydrogen-bond acceptors (Lipinski definition) is 6. The molecule has 0 amide bonds. The Labute approximate surface area is 171 Å². The second kappa shape index (κ2) is 8.03. The molecule has 6 nitrogen and oxygen atoms in total. The van der Waals surface area contributed by atoms with E-state index in [1.807, 2.05) is 6.07 Å². The first-order valence-electron chi connectivity index (χ1n) is 8.84. The van der Waals surface area contributed by atoms with Crippen LogP contribution in [0.1, 0.15) is 5.56 Å². The summed E-state index contributed by atoms with van der Waals surface area (Å²) in [6, 6.07) is 13.3. The fraction of sp³-hybridized carbons (Fsp3) is 0.0476. The number of nitrogens with zero attached hydrogens (tertiary/aromatic N) is 2. The van der Waals surface area contributed by atoms with E-state index in [2.05, 4.69) is 15.3 Å². The van der Waals surface area contributed by atoms with E-state index in [0.717, 1.165) is 29.8 Å². The van der Waals surface area contributed by atoms with E-state index in [-0.39, 0.29) is 28.2 Å². The molecule has 4 aromatic rings. The van der Waals surface area contributed by atoms with Gasteiger partial charge in [0.15, 0.2) is 0 Å². The zero-order chi connectivity index (χ0) is 21.1. The number of benzene rings is 2. The number of halogens is 2. The summed E-state index contributed by atoms with van der Waals surface area (Å²) >= 11 is 0. The third-order valence-electron chi connectivity index (χ3n) is 4.24. The van der Waals surface area contributed by atoms with Crippen molar-refractivity contribution in [3.05, 3.63) is 90.3 Å². The molecule has 2 heterocycles. The minimum atomic E-state index is -4.11. The van der Waals surface area contributed by atoms with Crippen LogP contribution in [0.15, 0.2) is 87.4 Å². The van der Waals surface area contributed by atoms with Crippen LogP contribution in [-0.2, 0) is 16.4 Å². The molecule has 0 saturated carbocycles. The van der Waals surface area contributed by atoms with Crippen molar-refractivity contribution in [2.24, 2.45) is 0 Å². The van der Waals surface area contributed by atoms with Crippen LogP contribution < -0.4 is 5.32 Å². The third-order valence-corrected chi connectivity index (χ3v) is 5.92. The molecule has 0 aliphatic carbocycles. The van der Waals surface area contributed by atoms with Gasteiger partial charge in [-0.2, -0.15) is 4.98 Å². The monoisotopic (exact) mass is 427 g/mol. The van der Waals surface area contributed by atoms with E-state index < -0.39 is 21.5 Å². The summed E-state index contributed by atoms with van der Waals surface area (Å²) in [5.41, 5.74) is 1.20. The molecule has 0 aliphatic heterocycles. The van der Waals surface area contributed by atoms with Gasteiger partial charge in [-0.3, -0.25) is 4.98 Å². The van der Waals surface area contributed by atoms with Gasteiger partial charge in [-0.05, 0) is 60.2 Å². The van der Waals surface area contributed by atoms with Crippen LogP contribution in [0.4, 0.5) is 14.7 Å². The highest BCUT2D eigenvalue weighted by molar-refractivity contribution is 7.91. The van der Waals surface area contributed by atoms with Crippen molar-refractivity contribution in [1.82, 2.24) is 9.97 Å². The summed E-state index contributed by atoms with van der Waals surface area (Å²) < 4.78 is 58.4. The molecule has 152 valence electrons. The van der Waals surface area contributed by atoms with Gasteiger partial charge in [-0.15, -0.1) is 0 Å². The van der Waals surface area contributed by atoms with Crippen LogP contribution in [0, 0.1) is 11.6 Å². The van der Waals surface area contributed by atoms with Gasteiger partial charge in [0.05, 0.1) is 4.90 Å². The molecule has 0 spiro atoms. The van der Waals surface area contributed by atoms with Crippen molar-refractivity contribution in [2.45, 2.75) is 16.5 Å². The van der Waals surface area contributed by atoms with Crippen molar-refractivity contribution in [1.29, 1.82) is 0 Å². The largest absolute Gasteiger partial charge is 0.419 e. The first kappa shape index (κ1) is 19.7. The molecule has 1 N–H and O–H groups in total. The maximum atomic E-state index is 13.2. The molecule has 4 rings (SSSR count). The Morgan fingerprint density at radius 2 is 1.60 bits per heavy atom. The number of anilines is 1. The lowest BCUT2D eigenvalue weighted by Crippen LogP contribution is -2.07. The fourth-order valence-electron chi connectivity index (χ4n) is 2.73. The first-order chi connectivity index (χ1) is 14.4. The number of oxazole rings is 1. The number of pyridine rings is 1. The summed E-state index contributed by atoms with van der Waals surface area (Å²) in [5.74, 6) is -1.08. The minimum absolute atomic E-state index is 0.00405. The molecule has 0 radical (unpaired) electrons. The Morgan fingerprint density at radius 1 is 0.933 bits per heavy atom. The van der Waals surface area contributed by atoms with Crippen molar-refractivity contribution in [3.8, 4) is 11.5 Å². The van der Waals surface area contributed by atoms with E-state index >= 15 is 0 Å². The lowest BCUT2D eigenvalue weighted by Gasteiger charge is -2.06. The Kier molecular flexibility index (Phi) is 5.28. The molecule has 2 aromatic carbocycles. The second-order valence-corrected chi connectivity index (χ2v) is 8.20. The van der Waals surface area contributed by atoms with Crippen LogP contribution in [-0.4, -0.2) is 18.4 Å². The number of sulfone groups is 1. The van der Waals surface area contributed by atoms with Crippen LogP contribution in [0.25, 0.3) is 11.5 Å². The Bertz CT molecular complexity index is 1260. The lowest BCUT2D eigenvalue weighted by molar-refractivity contribution is 0.576. The zero-order valence-corrected chi connectivity index (χ0v) is 16.2. The van der Waals surface area contributed by atoms with Crippen molar-refractivity contribution < 1.29 is 21.6 Å².